The average Bonchev–Trinajstić information content (AvgIpc) is 3.53. The van der Waals surface area contributed by atoms with Crippen LogP contribution < -0.4 is 4.90 Å². The summed E-state index contributed by atoms with van der Waals surface area (Å²) in [5.41, 5.74) is 2.79. The highest BCUT2D eigenvalue weighted by molar-refractivity contribution is 7.85. The van der Waals surface area contributed by atoms with Gasteiger partial charge in [0.25, 0.3) is 0 Å². The first-order valence-corrected chi connectivity index (χ1v) is 37.2. The second kappa shape index (κ2) is 55.4. The van der Waals surface area contributed by atoms with Crippen molar-refractivity contribution in [3.05, 3.63) is 0 Å². The third kappa shape index (κ3) is 135. The van der Waals surface area contributed by atoms with E-state index >= 15 is 0 Å². The van der Waals surface area contributed by atoms with Crippen LogP contribution >= 0.6 is 0 Å². The zero-order valence-corrected chi connectivity index (χ0v) is 67.3. The number of aliphatic hydroxyl groups excluding tert-OH is 5. The Morgan fingerprint density at radius 3 is 1.08 bits per heavy atom. The highest BCUT2D eigenvalue weighted by Crippen LogP contribution is 2.25. The maximum atomic E-state index is 10.5. The lowest BCUT2D eigenvalue weighted by Crippen LogP contribution is -3.05. The van der Waals surface area contributed by atoms with Crippen molar-refractivity contribution in [2.24, 2.45) is 43.3 Å². The largest absolute Gasteiger partial charge is 0.748 e. The molecule has 0 saturated carbocycles. The van der Waals surface area contributed by atoms with Crippen molar-refractivity contribution in [2.75, 3.05) is 153 Å². The molecular formula is C71H162N4O13S2. The molecule has 0 aliphatic carbocycles. The first-order valence-electron chi connectivity index (χ1n) is 34.1. The Morgan fingerprint density at radius 2 is 0.756 bits per heavy atom. The van der Waals surface area contributed by atoms with E-state index in [1.807, 2.05) is 41.5 Å². The Bertz CT molecular complexity index is 1740. The second-order valence-electron chi connectivity index (χ2n) is 35.7. The van der Waals surface area contributed by atoms with Gasteiger partial charge in [-0.15, -0.1) is 0 Å². The molecule has 1 unspecified atom stereocenters. The van der Waals surface area contributed by atoms with Gasteiger partial charge in [0.15, 0.2) is 0 Å². The third-order valence-corrected chi connectivity index (χ3v) is 14.5. The number of hydrogen-bond donors (Lipinski definition) is 6. The fourth-order valence-corrected chi connectivity index (χ4v) is 8.49. The van der Waals surface area contributed by atoms with Gasteiger partial charge >= 0.3 is 0 Å². The number of hydrogen-bond acceptors (Lipinski definition) is 15. The average molecular weight is 1340 g/mol. The summed E-state index contributed by atoms with van der Waals surface area (Å²) in [4.78, 5) is 5.97. The minimum absolute atomic E-state index is 0.0972. The van der Waals surface area contributed by atoms with Gasteiger partial charge in [0.05, 0.1) is 101 Å². The van der Waals surface area contributed by atoms with Gasteiger partial charge in [-0.25, -0.2) is 16.8 Å². The van der Waals surface area contributed by atoms with E-state index in [1.54, 1.807) is 4.90 Å². The molecule has 6 N–H and O–H groups in total. The Labute approximate surface area is 562 Å². The van der Waals surface area contributed by atoms with E-state index in [0.29, 0.717) is 58.5 Å². The Morgan fingerprint density at radius 1 is 0.433 bits per heavy atom. The molecule has 0 rings (SSSR count). The fraction of sp³-hybridized carbons (Fsp3) is 1.00. The van der Waals surface area contributed by atoms with Crippen LogP contribution in [0.15, 0.2) is 0 Å². The normalized spacial score (nSPS) is 13.1. The summed E-state index contributed by atoms with van der Waals surface area (Å²) in [6.45, 7) is 61.3. The monoisotopic (exact) mass is 1340 g/mol. The van der Waals surface area contributed by atoms with Gasteiger partial charge in [-0.2, -0.15) is 0 Å². The molecule has 0 aliphatic heterocycles. The molecule has 0 aromatic carbocycles. The molecule has 0 aliphatic rings. The minimum Gasteiger partial charge on any atom is -0.748 e. The topological polar surface area (TPSA) is 245 Å². The zero-order chi connectivity index (χ0) is 73.1. The number of rotatable bonds is 32. The molecule has 0 heterocycles. The van der Waals surface area contributed by atoms with Crippen molar-refractivity contribution in [1.82, 2.24) is 9.80 Å². The predicted octanol–water partition coefficient (Wildman–Crippen LogP) is 12.3. The van der Waals surface area contributed by atoms with Crippen molar-refractivity contribution in [2.45, 2.75) is 269 Å². The van der Waals surface area contributed by atoms with E-state index < -0.39 is 26.3 Å². The van der Waals surface area contributed by atoms with E-state index in [4.69, 9.17) is 35.0 Å². The molecule has 556 valence electrons. The van der Waals surface area contributed by atoms with E-state index in [9.17, 15) is 25.9 Å². The van der Waals surface area contributed by atoms with Gasteiger partial charge < -0.3 is 63.3 Å². The third-order valence-electron chi connectivity index (χ3n) is 12.9. The first-order chi connectivity index (χ1) is 40.0. The van der Waals surface area contributed by atoms with Gasteiger partial charge in [0.1, 0.15) is 6.10 Å². The number of nitrogens with zero attached hydrogens (tertiary/aromatic N) is 3. The van der Waals surface area contributed by atoms with Crippen LogP contribution in [0.1, 0.15) is 262 Å². The SMILES string of the molecule is CC(C)(C)CCCOCC(O)CO.CC(C)(C)CCCOCCO.CC(C)(C)CCCS(=O)(=O)[O-].CC(C)(C)CCC[N+](C)(C)CCCS(=O)(=O)[O-].CC(C)(C)CO.CN(C)CCCC(C)(C)C.CN(CCO)CCCC(C)(C)C.C[NH+](C)CCCC(C)(C)C. The molecular weight excluding hydrogens is 1180 g/mol. The lowest BCUT2D eigenvalue weighted by molar-refractivity contribution is -0.890. The van der Waals surface area contributed by atoms with E-state index in [0.717, 1.165) is 75.8 Å². The summed E-state index contributed by atoms with van der Waals surface area (Å²) < 4.78 is 73.1. The molecule has 0 fully saturated rings. The maximum absolute atomic E-state index is 10.5. The van der Waals surface area contributed by atoms with Crippen LogP contribution in [0.4, 0.5) is 0 Å². The summed E-state index contributed by atoms with van der Waals surface area (Å²) in [6, 6.07) is 0. The highest BCUT2D eigenvalue weighted by Gasteiger charge is 2.19. The van der Waals surface area contributed by atoms with Crippen LogP contribution in [0.25, 0.3) is 0 Å². The molecule has 0 bridgehead atoms. The first kappa shape index (κ1) is 105. The van der Waals surface area contributed by atoms with Crippen LogP contribution in [0.5, 0.6) is 0 Å². The second-order valence-corrected chi connectivity index (χ2v) is 38.7. The van der Waals surface area contributed by atoms with Crippen LogP contribution in [0, 0.1) is 43.3 Å². The summed E-state index contributed by atoms with van der Waals surface area (Å²) in [5.74, 6) is -0.474. The van der Waals surface area contributed by atoms with Gasteiger partial charge in [-0.1, -0.05) is 166 Å². The summed E-state index contributed by atoms with van der Waals surface area (Å²) in [6.07, 6.45) is 15.4. The molecule has 19 heteroatoms. The van der Waals surface area contributed by atoms with Crippen LogP contribution in [-0.4, -0.2) is 225 Å². The molecule has 90 heavy (non-hydrogen) atoms. The predicted molar refractivity (Wildman–Crippen MR) is 386 cm³/mol. The molecule has 0 saturated heterocycles. The van der Waals surface area contributed by atoms with Crippen molar-refractivity contribution in [3.63, 3.8) is 0 Å². The fourth-order valence-electron chi connectivity index (χ4n) is 7.51. The number of ether oxygens (including phenoxy) is 2. The summed E-state index contributed by atoms with van der Waals surface area (Å²) in [7, 11) is 6.85. The minimum atomic E-state index is -4.05. The standard InChI is InChI=1S/C12H27NO3S.C10H23NO.C10H22O3.2C9H21N.C9H20O2.C7H16O3S.C5H12O/c1-12(2,3)8-6-9-13(4,5)10-7-11-17(14,15)16;1-10(2,3)6-5-7-11(4)8-9-12;1-10(2,3)5-4-6-13-8-9(12)7-11;2*1-9(2,3)7-6-8-10(4)5;1-9(2,3)5-4-7-11-8-6-10;1-7(2,3)5-4-6-11(8,9)10;1-5(2,3)4-6/h6-11H2,1-5H3;12H,5-9H2,1-4H3;9,11-12H,4-8H2,1-3H3;2*6-8H2,1-5H3;10H,4-8H2,1-3H3;4-6H2,1-3H3,(H,8,9,10);6H,4H2,1-3H3. The van der Waals surface area contributed by atoms with Crippen molar-refractivity contribution in [3.8, 4) is 0 Å². The van der Waals surface area contributed by atoms with Crippen molar-refractivity contribution >= 4 is 20.2 Å². The lowest BCUT2D eigenvalue weighted by Gasteiger charge is -2.31. The zero-order valence-electron chi connectivity index (χ0n) is 65.7. The molecule has 0 aromatic heterocycles. The van der Waals surface area contributed by atoms with Gasteiger partial charge in [0, 0.05) is 44.3 Å². The molecule has 0 spiro atoms. The lowest BCUT2D eigenvalue weighted by atomic mass is 9.90. The van der Waals surface area contributed by atoms with E-state index in [1.165, 1.54) is 58.0 Å². The highest BCUT2D eigenvalue weighted by atomic mass is 32.2. The van der Waals surface area contributed by atoms with Crippen LogP contribution in [-0.2, 0) is 29.7 Å². The summed E-state index contributed by atoms with van der Waals surface area (Å²) in [5, 5.41) is 42.9. The smallest absolute Gasteiger partial charge is 0.100 e. The number of aliphatic hydroxyl groups is 5. The van der Waals surface area contributed by atoms with Gasteiger partial charge in [-0.3, -0.25) is 0 Å². The molecule has 0 amide bonds. The number of likely N-dealkylation sites (N-methyl/N-ethyl adjacent to an activating group) is 1. The van der Waals surface area contributed by atoms with Gasteiger partial charge in [0.2, 0.25) is 0 Å². The number of nitrogens with one attached hydrogen (secondary N) is 1. The molecule has 0 radical (unpaired) electrons. The molecule has 17 nitrogen and oxygen atoms in total. The van der Waals surface area contributed by atoms with E-state index in [2.05, 4.69) is 184 Å². The molecule has 1 atom stereocenters. The Kier molecular flexibility index (Phi) is 64.9. The number of quaternary nitrogens is 2. The Balaban J connectivity index is -0.000000144. The Hall–Kier alpha value is -0.620. The maximum Gasteiger partial charge on any atom is 0.100 e. The molecule has 0 aromatic rings. The van der Waals surface area contributed by atoms with Crippen molar-refractivity contribution < 1.29 is 70.3 Å². The van der Waals surface area contributed by atoms with Crippen LogP contribution in [0.3, 0.4) is 0 Å². The van der Waals surface area contributed by atoms with Gasteiger partial charge in [-0.05, 0) is 167 Å². The van der Waals surface area contributed by atoms with Crippen LogP contribution in [0.2, 0.25) is 0 Å². The van der Waals surface area contributed by atoms with E-state index in [-0.39, 0.29) is 55.4 Å². The summed E-state index contributed by atoms with van der Waals surface area (Å²) >= 11 is 0. The van der Waals surface area contributed by atoms with Crippen molar-refractivity contribution in [1.29, 1.82) is 0 Å². The quantitative estimate of drug-likeness (QED) is 0.0208.